The Balaban J connectivity index is 2.39. The van der Waals surface area contributed by atoms with Gasteiger partial charge >= 0.3 is 0 Å². The zero-order valence-electron chi connectivity index (χ0n) is 7.46. The molecule has 1 aliphatic rings. The molecule has 1 rings (SSSR count). The minimum atomic E-state index is 0.215. The van der Waals surface area contributed by atoms with Crippen LogP contribution >= 0.6 is 0 Å². The predicted molar refractivity (Wildman–Crippen MR) is 49.8 cm³/mol. The SMILES string of the molecule is C=CCC(=O)C1CCCC(N)C1. The van der Waals surface area contributed by atoms with E-state index in [-0.39, 0.29) is 12.0 Å². The average molecular weight is 167 g/mol. The average Bonchev–Trinajstić information content (AvgIpc) is 2.05. The van der Waals surface area contributed by atoms with E-state index in [1.807, 2.05) is 0 Å². The van der Waals surface area contributed by atoms with Crippen LogP contribution in [-0.2, 0) is 4.79 Å². The third-order valence-electron chi connectivity index (χ3n) is 2.52. The van der Waals surface area contributed by atoms with E-state index in [0.29, 0.717) is 12.2 Å². The van der Waals surface area contributed by atoms with Crippen molar-refractivity contribution < 1.29 is 4.79 Å². The Hall–Kier alpha value is -0.630. The summed E-state index contributed by atoms with van der Waals surface area (Å²) >= 11 is 0. The molecule has 0 saturated heterocycles. The maximum atomic E-state index is 11.4. The van der Waals surface area contributed by atoms with E-state index < -0.39 is 0 Å². The molecule has 2 atom stereocenters. The van der Waals surface area contributed by atoms with Crippen LogP contribution in [0, 0.1) is 5.92 Å². The summed E-state index contributed by atoms with van der Waals surface area (Å²) in [7, 11) is 0. The van der Waals surface area contributed by atoms with E-state index in [2.05, 4.69) is 6.58 Å². The second kappa shape index (κ2) is 4.41. The summed E-state index contributed by atoms with van der Waals surface area (Å²) in [6.07, 6.45) is 6.29. The summed E-state index contributed by atoms with van der Waals surface area (Å²) < 4.78 is 0. The fraction of sp³-hybridized carbons (Fsp3) is 0.700. The normalized spacial score (nSPS) is 29.8. The van der Waals surface area contributed by atoms with E-state index in [9.17, 15) is 4.79 Å². The summed E-state index contributed by atoms with van der Waals surface area (Å²) in [5, 5.41) is 0. The van der Waals surface area contributed by atoms with Crippen LogP contribution in [-0.4, -0.2) is 11.8 Å². The number of carbonyl (C=O) groups excluding carboxylic acids is 1. The number of carbonyl (C=O) groups is 1. The highest BCUT2D eigenvalue weighted by Crippen LogP contribution is 2.24. The summed E-state index contributed by atoms with van der Waals surface area (Å²) in [6.45, 7) is 3.56. The van der Waals surface area contributed by atoms with Crippen molar-refractivity contribution in [2.75, 3.05) is 0 Å². The van der Waals surface area contributed by atoms with Crippen LogP contribution < -0.4 is 5.73 Å². The third-order valence-corrected chi connectivity index (χ3v) is 2.52. The summed E-state index contributed by atoms with van der Waals surface area (Å²) in [6, 6.07) is 0.248. The number of hydrogen-bond donors (Lipinski definition) is 1. The Bertz CT molecular complexity index is 177. The molecule has 2 heteroatoms. The summed E-state index contributed by atoms with van der Waals surface area (Å²) in [5.74, 6) is 0.534. The molecule has 68 valence electrons. The van der Waals surface area contributed by atoms with Crippen molar-refractivity contribution in [2.24, 2.45) is 11.7 Å². The van der Waals surface area contributed by atoms with Crippen LogP contribution in [0.15, 0.2) is 12.7 Å². The first-order valence-electron chi connectivity index (χ1n) is 4.63. The molecule has 0 aromatic carbocycles. The fourth-order valence-electron chi connectivity index (χ4n) is 1.83. The number of rotatable bonds is 3. The molecule has 1 aliphatic carbocycles. The minimum absolute atomic E-state index is 0.215. The van der Waals surface area contributed by atoms with Gasteiger partial charge in [0.1, 0.15) is 5.78 Å². The van der Waals surface area contributed by atoms with E-state index >= 15 is 0 Å². The van der Waals surface area contributed by atoms with Gasteiger partial charge in [0.25, 0.3) is 0 Å². The van der Waals surface area contributed by atoms with Crippen LogP contribution in [0.3, 0.4) is 0 Å². The van der Waals surface area contributed by atoms with Gasteiger partial charge in [0, 0.05) is 18.4 Å². The van der Waals surface area contributed by atoms with Crippen molar-refractivity contribution >= 4 is 5.78 Å². The highest BCUT2D eigenvalue weighted by atomic mass is 16.1. The predicted octanol–water partition coefficient (Wildman–Crippen LogP) is 1.65. The standard InChI is InChI=1S/C10H17NO/c1-2-4-10(12)8-5-3-6-9(11)7-8/h2,8-9H,1,3-7,11H2. The number of ketones is 1. The monoisotopic (exact) mass is 167 g/mol. The molecule has 0 aromatic heterocycles. The Morgan fingerprint density at radius 1 is 1.58 bits per heavy atom. The van der Waals surface area contributed by atoms with Gasteiger partial charge in [-0.25, -0.2) is 0 Å². The van der Waals surface area contributed by atoms with Crippen molar-refractivity contribution in [3.63, 3.8) is 0 Å². The third kappa shape index (κ3) is 2.45. The zero-order valence-corrected chi connectivity index (χ0v) is 7.46. The molecule has 0 radical (unpaired) electrons. The second-order valence-corrected chi connectivity index (χ2v) is 3.58. The lowest BCUT2D eigenvalue weighted by molar-refractivity contribution is -0.123. The minimum Gasteiger partial charge on any atom is -0.328 e. The van der Waals surface area contributed by atoms with Crippen molar-refractivity contribution in [2.45, 2.75) is 38.1 Å². The first-order valence-corrected chi connectivity index (χ1v) is 4.63. The van der Waals surface area contributed by atoms with Gasteiger partial charge in [-0.05, 0) is 19.3 Å². The molecule has 12 heavy (non-hydrogen) atoms. The van der Waals surface area contributed by atoms with Crippen LogP contribution in [0.4, 0.5) is 0 Å². The van der Waals surface area contributed by atoms with E-state index in [4.69, 9.17) is 5.73 Å². The molecular formula is C10H17NO. The van der Waals surface area contributed by atoms with E-state index in [1.54, 1.807) is 6.08 Å². The van der Waals surface area contributed by atoms with Gasteiger partial charge in [0.2, 0.25) is 0 Å². The molecule has 0 amide bonds. The van der Waals surface area contributed by atoms with Crippen molar-refractivity contribution in [1.29, 1.82) is 0 Å². The van der Waals surface area contributed by atoms with Gasteiger partial charge in [-0.3, -0.25) is 4.79 Å². The van der Waals surface area contributed by atoms with Gasteiger partial charge in [0.05, 0.1) is 0 Å². The number of hydrogen-bond acceptors (Lipinski definition) is 2. The molecule has 0 heterocycles. The molecule has 0 aliphatic heterocycles. The largest absolute Gasteiger partial charge is 0.328 e. The van der Waals surface area contributed by atoms with Gasteiger partial charge in [0.15, 0.2) is 0 Å². The summed E-state index contributed by atoms with van der Waals surface area (Å²) in [4.78, 5) is 11.4. The Kier molecular flexibility index (Phi) is 3.48. The van der Waals surface area contributed by atoms with Gasteiger partial charge < -0.3 is 5.73 Å². The molecular weight excluding hydrogens is 150 g/mol. The Morgan fingerprint density at radius 2 is 2.33 bits per heavy atom. The van der Waals surface area contributed by atoms with Gasteiger partial charge in [-0.15, -0.1) is 6.58 Å². The molecule has 0 bridgehead atoms. The van der Waals surface area contributed by atoms with Crippen LogP contribution in [0.2, 0.25) is 0 Å². The first kappa shape index (κ1) is 9.46. The zero-order chi connectivity index (χ0) is 8.97. The Labute approximate surface area is 73.8 Å². The smallest absolute Gasteiger partial charge is 0.139 e. The number of Topliss-reactive ketones (excluding diaryl/α,β-unsaturated/α-hetero) is 1. The molecule has 2 nitrogen and oxygen atoms in total. The molecule has 0 aromatic rings. The van der Waals surface area contributed by atoms with Crippen molar-refractivity contribution in [1.82, 2.24) is 0 Å². The van der Waals surface area contributed by atoms with Crippen LogP contribution in [0.25, 0.3) is 0 Å². The molecule has 0 spiro atoms. The quantitative estimate of drug-likeness (QED) is 0.649. The number of nitrogens with two attached hydrogens (primary N) is 1. The lowest BCUT2D eigenvalue weighted by atomic mass is 9.83. The second-order valence-electron chi connectivity index (χ2n) is 3.58. The lowest BCUT2D eigenvalue weighted by Gasteiger charge is -2.24. The highest BCUT2D eigenvalue weighted by molar-refractivity contribution is 5.82. The molecule has 1 saturated carbocycles. The van der Waals surface area contributed by atoms with Gasteiger partial charge in [-0.2, -0.15) is 0 Å². The maximum Gasteiger partial charge on any atom is 0.139 e. The molecule has 2 unspecified atom stereocenters. The van der Waals surface area contributed by atoms with Crippen molar-refractivity contribution in [3.05, 3.63) is 12.7 Å². The topological polar surface area (TPSA) is 43.1 Å². The molecule has 1 fully saturated rings. The molecule has 2 N–H and O–H groups in total. The van der Waals surface area contributed by atoms with Crippen LogP contribution in [0.5, 0.6) is 0 Å². The van der Waals surface area contributed by atoms with E-state index in [1.165, 1.54) is 0 Å². The first-order chi connectivity index (χ1) is 5.74. The van der Waals surface area contributed by atoms with Gasteiger partial charge in [-0.1, -0.05) is 12.5 Å². The van der Waals surface area contributed by atoms with Crippen LogP contribution in [0.1, 0.15) is 32.1 Å². The van der Waals surface area contributed by atoms with E-state index in [0.717, 1.165) is 25.7 Å². The Morgan fingerprint density at radius 3 is 2.92 bits per heavy atom. The summed E-state index contributed by atoms with van der Waals surface area (Å²) in [5.41, 5.74) is 5.78. The highest BCUT2D eigenvalue weighted by Gasteiger charge is 2.23. The maximum absolute atomic E-state index is 11.4. The lowest BCUT2D eigenvalue weighted by Crippen LogP contribution is -2.31. The fourth-order valence-corrected chi connectivity index (χ4v) is 1.83. The van der Waals surface area contributed by atoms with Crippen molar-refractivity contribution in [3.8, 4) is 0 Å². The number of allylic oxidation sites excluding steroid dienone is 1.